The van der Waals surface area contributed by atoms with E-state index in [1.54, 1.807) is 0 Å². The molecule has 4 heteroatoms. The molecule has 8 unspecified atom stereocenters. The van der Waals surface area contributed by atoms with Gasteiger partial charge in [0.2, 0.25) is 0 Å². The van der Waals surface area contributed by atoms with Gasteiger partial charge in [0.1, 0.15) is 0 Å². The Labute approximate surface area is 143 Å². The first kappa shape index (κ1) is 9.84. The standard InChI is InChI=1S/C14H16O2.2C5H5.2Fe/c15-11-5-10-14(16,12-6-1-2-7-12)13-8-3-4-9-13;2*1-2-4-5-3-1;;/h1-4,6-9,15-16H,5,10-11H2;2*1-5H;;. The number of hydrogen-bond acceptors (Lipinski definition) is 2. The second-order valence-electron chi connectivity index (χ2n) is 21.0. The first-order chi connectivity index (χ1) is 13.2. The van der Waals surface area contributed by atoms with Crippen LogP contribution < -0.4 is 0 Å². The van der Waals surface area contributed by atoms with Crippen molar-refractivity contribution < 1.29 is 23.2 Å². The molecule has 0 aromatic heterocycles. The van der Waals surface area contributed by atoms with Crippen molar-refractivity contribution in [2.24, 2.45) is 0 Å². The molecule has 0 radical (unpaired) electrons. The summed E-state index contributed by atoms with van der Waals surface area (Å²) in [4.78, 5) is 24.1. The van der Waals surface area contributed by atoms with E-state index in [1.165, 1.54) is 86.7 Å². The van der Waals surface area contributed by atoms with Crippen LogP contribution in [0.5, 0.6) is 0 Å². The maximum absolute atomic E-state index is 13.7. The molecule has 20 aliphatic rings. The van der Waals surface area contributed by atoms with E-state index in [1.807, 2.05) is 0 Å². The Kier molecular flexibility index (Phi) is 0.259. The fourth-order valence-corrected chi connectivity index (χ4v) is 186. The Morgan fingerprint density at radius 2 is 0.893 bits per heavy atom. The van der Waals surface area contributed by atoms with E-state index >= 15 is 0 Å². The van der Waals surface area contributed by atoms with Gasteiger partial charge in [-0.15, -0.1) is 0 Å². The van der Waals surface area contributed by atoms with Crippen molar-refractivity contribution in [2.75, 3.05) is 6.61 Å². The van der Waals surface area contributed by atoms with Crippen LogP contribution >= 0.6 is 0 Å². The molecular formula is C24H26Fe2O2. The van der Waals surface area contributed by atoms with Crippen LogP contribution in [0.2, 0.25) is 95.3 Å². The Hall–Kier alpha value is 0.959. The van der Waals surface area contributed by atoms with Gasteiger partial charge < -0.3 is 0 Å². The van der Waals surface area contributed by atoms with E-state index in [4.69, 9.17) is 0 Å². The number of aliphatic hydroxyl groups excluding tert-OH is 1. The quantitative estimate of drug-likeness (QED) is 0.496. The maximum atomic E-state index is 13.7. The van der Waals surface area contributed by atoms with Crippen molar-refractivity contribution >= 4 is 0 Å². The van der Waals surface area contributed by atoms with Gasteiger partial charge in [-0.05, 0) is 0 Å². The number of hydrogen-bond donors (Lipinski definition) is 2. The molecular weight excluding hydrogens is 432 g/mol. The summed E-state index contributed by atoms with van der Waals surface area (Å²) in [5.41, 5.74) is -0.132. The van der Waals surface area contributed by atoms with Crippen LogP contribution in [-0.4, -0.2) is 22.4 Å². The second-order valence-corrected chi connectivity index (χ2v) is 68.2. The monoisotopic (exact) mass is 458 g/mol. The van der Waals surface area contributed by atoms with Gasteiger partial charge in [0.05, 0.1) is 0 Å². The predicted molar refractivity (Wildman–Crippen MR) is 94.2 cm³/mol. The summed E-state index contributed by atoms with van der Waals surface area (Å²) >= 11 is 0. The summed E-state index contributed by atoms with van der Waals surface area (Å²) in [6, 6.07) is 0. The molecule has 2 N–H and O–H groups in total. The molecule has 20 aliphatic heterocycles. The predicted octanol–water partition coefficient (Wildman–Crippen LogP) is 6.01. The van der Waals surface area contributed by atoms with Crippen LogP contribution in [0, 0.1) is 0 Å². The molecule has 2 nitrogen and oxygen atoms in total. The Morgan fingerprint density at radius 3 is 1.07 bits per heavy atom. The molecule has 0 aromatic carbocycles. The minimum atomic E-state index is -3.34. The number of fused-ring (bicyclic) bond motifs is 20. The van der Waals surface area contributed by atoms with Gasteiger partial charge in [0.15, 0.2) is 0 Å². The number of rotatable bonds is 5. The fraction of sp³-hybridized carbons (Fsp3) is 1.00. The van der Waals surface area contributed by atoms with Gasteiger partial charge in [-0.2, -0.15) is 0 Å². The molecule has 8 atom stereocenters. The van der Waals surface area contributed by atoms with E-state index in [-0.39, 0.29) is 5.60 Å². The molecule has 0 aliphatic carbocycles. The zero-order valence-electron chi connectivity index (χ0n) is 15.6. The Balaban J connectivity index is 1.12. The molecule has 0 bridgehead atoms. The minimum absolute atomic E-state index is 0.132. The van der Waals surface area contributed by atoms with Crippen molar-refractivity contribution in [3.05, 3.63) is 0 Å². The molecule has 0 aromatic rings. The second kappa shape index (κ2) is 0.738. The molecule has 2 spiro atoms. The first-order valence-electron chi connectivity index (χ1n) is 12.9. The summed E-state index contributed by atoms with van der Waals surface area (Å²) < 4.78 is 1.39. The Bertz CT molecular complexity index is 1820. The SMILES string of the molecule is OCCCC(O)([C]12[CH]3[CH]4[CH]5[CH]1[Fe]45321678[CH]2[CH]1[CH]6[CH]7[CH]28)[C]12[CH]3[CH]4[CH]5[CH]1[Fe]45321678[CH]2[CH]1[CH]6[CH]7[CH]28. The summed E-state index contributed by atoms with van der Waals surface area (Å²) in [7, 11) is 0. The zero-order valence-corrected chi connectivity index (χ0v) is 17.8. The van der Waals surface area contributed by atoms with Crippen molar-refractivity contribution in [3.63, 3.8) is 0 Å². The molecule has 20 heterocycles. The van der Waals surface area contributed by atoms with E-state index in [2.05, 4.69) is 0 Å². The Morgan fingerprint density at radius 1 is 0.571 bits per heavy atom. The molecule has 28 heavy (non-hydrogen) atoms. The summed E-state index contributed by atoms with van der Waals surface area (Å²) in [6.07, 6.45) is 2.09. The van der Waals surface area contributed by atoms with Crippen LogP contribution in [0.3, 0.4) is 0 Å². The van der Waals surface area contributed by atoms with Crippen LogP contribution in [0.25, 0.3) is 0 Å². The molecule has 0 saturated carbocycles. The van der Waals surface area contributed by atoms with Crippen molar-refractivity contribution in [1.29, 1.82) is 0 Å². The summed E-state index contributed by atoms with van der Waals surface area (Å²) in [6.45, 7) is -6.32. The van der Waals surface area contributed by atoms with Crippen molar-refractivity contribution in [2.45, 2.75) is 114 Å². The average molecular weight is 458 g/mol. The van der Waals surface area contributed by atoms with Gasteiger partial charge in [0, 0.05) is 0 Å². The summed E-state index contributed by atoms with van der Waals surface area (Å²) in [5, 5.41) is 23.7. The van der Waals surface area contributed by atoms with Crippen LogP contribution in [-0.2, 0) is 13.0 Å². The van der Waals surface area contributed by atoms with Gasteiger partial charge in [-0.3, -0.25) is 0 Å². The molecule has 0 amide bonds. The first-order valence-corrected chi connectivity index (χ1v) is 25.5. The van der Waals surface area contributed by atoms with E-state index in [0.717, 1.165) is 12.8 Å². The zero-order chi connectivity index (χ0) is 16.6. The van der Waals surface area contributed by atoms with E-state index in [0.29, 0.717) is 15.2 Å². The topological polar surface area (TPSA) is 40.5 Å². The molecule has 20 saturated heterocycles. The van der Waals surface area contributed by atoms with Crippen molar-refractivity contribution in [3.8, 4) is 0 Å². The van der Waals surface area contributed by atoms with Crippen molar-refractivity contribution in [1.82, 2.24) is 0 Å². The van der Waals surface area contributed by atoms with Crippen LogP contribution in [0.4, 0.5) is 0 Å². The van der Waals surface area contributed by atoms with E-state index in [9.17, 15) is 10.2 Å². The molecule has 20 rings (SSSR count). The van der Waals surface area contributed by atoms with Crippen LogP contribution in [0.15, 0.2) is 0 Å². The van der Waals surface area contributed by atoms with Gasteiger partial charge in [0.25, 0.3) is 0 Å². The average Bonchev–Trinajstić information content (AvgIpc) is 3.60. The third-order valence-electron chi connectivity index (χ3n) is 31.3. The van der Waals surface area contributed by atoms with Crippen LogP contribution in [0.1, 0.15) is 12.8 Å². The third-order valence-corrected chi connectivity index (χ3v) is 116. The molecule has 20 fully saturated rings. The summed E-state index contributed by atoms with van der Waals surface area (Å²) in [5.74, 6) is 0. The number of aliphatic hydroxyl groups is 2. The van der Waals surface area contributed by atoms with E-state index < -0.39 is 13.0 Å². The van der Waals surface area contributed by atoms with Gasteiger partial charge >= 0.3 is 144 Å². The van der Waals surface area contributed by atoms with Gasteiger partial charge in [-0.1, -0.05) is 0 Å². The van der Waals surface area contributed by atoms with Gasteiger partial charge in [-0.25, -0.2) is 0 Å². The normalized spacial score (nSPS) is 145. The third kappa shape index (κ3) is 0.0897. The fourth-order valence-electron chi connectivity index (χ4n) is 35.7. The molecule has 150 valence electrons.